The molecule has 0 radical (unpaired) electrons. The molecule has 1 rings (SSSR count). The molecule has 0 fully saturated rings. The van der Waals surface area contributed by atoms with Crippen LogP contribution in [0.4, 0.5) is 11.4 Å². The van der Waals surface area contributed by atoms with Crippen molar-refractivity contribution in [3.05, 3.63) is 44.0 Å². The van der Waals surface area contributed by atoms with Gasteiger partial charge in [-0.1, -0.05) is 20.3 Å². The van der Waals surface area contributed by atoms with Crippen molar-refractivity contribution in [3.8, 4) is 0 Å². The molecule has 0 aliphatic heterocycles. The first-order chi connectivity index (χ1) is 8.95. The van der Waals surface area contributed by atoms with Crippen LogP contribution in [0.1, 0.15) is 25.8 Å². The normalized spacial score (nSPS) is 12.1. The topological polar surface area (TPSA) is 98.3 Å². The van der Waals surface area contributed by atoms with Gasteiger partial charge >= 0.3 is 0 Å². The lowest BCUT2D eigenvalue weighted by Gasteiger charge is -2.10. The maximum absolute atomic E-state index is 10.9. The molecule has 7 nitrogen and oxygen atoms in total. The minimum Gasteiger partial charge on any atom is -0.312 e. The molecule has 0 heterocycles. The fraction of sp³-hybridized carbons (Fsp3) is 0.500. The van der Waals surface area contributed by atoms with Crippen LogP contribution in [0, 0.1) is 26.1 Å². The van der Waals surface area contributed by atoms with Gasteiger partial charge in [-0.05, 0) is 18.5 Å². The smallest absolute Gasteiger partial charge is 0.280 e. The third-order valence-electron chi connectivity index (χ3n) is 2.98. The third kappa shape index (κ3) is 4.29. The van der Waals surface area contributed by atoms with Crippen LogP contribution in [-0.2, 0) is 6.54 Å². The Kier molecular flexibility index (Phi) is 5.37. The van der Waals surface area contributed by atoms with E-state index in [0.29, 0.717) is 18.0 Å². The summed E-state index contributed by atoms with van der Waals surface area (Å²) in [6, 6.07) is 3.72. The Labute approximate surface area is 110 Å². The van der Waals surface area contributed by atoms with Crippen LogP contribution in [0.5, 0.6) is 0 Å². The zero-order valence-electron chi connectivity index (χ0n) is 11.0. The highest BCUT2D eigenvalue weighted by molar-refractivity contribution is 5.49. The first-order valence-electron chi connectivity index (χ1n) is 6.08. The van der Waals surface area contributed by atoms with Gasteiger partial charge in [-0.25, -0.2) is 0 Å². The summed E-state index contributed by atoms with van der Waals surface area (Å²) in [4.78, 5) is 20.3. The van der Waals surface area contributed by atoms with Gasteiger partial charge in [0.1, 0.15) is 0 Å². The van der Waals surface area contributed by atoms with Crippen molar-refractivity contribution >= 4 is 11.4 Å². The molecule has 104 valence electrons. The van der Waals surface area contributed by atoms with Crippen molar-refractivity contribution in [2.24, 2.45) is 5.92 Å². The fourth-order valence-electron chi connectivity index (χ4n) is 1.58. The Morgan fingerprint density at radius 1 is 1.26 bits per heavy atom. The van der Waals surface area contributed by atoms with E-state index in [4.69, 9.17) is 0 Å². The van der Waals surface area contributed by atoms with E-state index in [2.05, 4.69) is 19.2 Å². The van der Waals surface area contributed by atoms with E-state index in [0.717, 1.165) is 19.0 Å². The van der Waals surface area contributed by atoms with E-state index in [1.165, 1.54) is 12.1 Å². The second kappa shape index (κ2) is 6.79. The Morgan fingerprint density at radius 3 is 2.47 bits per heavy atom. The average Bonchev–Trinajstić information content (AvgIpc) is 2.38. The van der Waals surface area contributed by atoms with Crippen molar-refractivity contribution in [2.75, 3.05) is 6.54 Å². The van der Waals surface area contributed by atoms with Gasteiger partial charge in [-0.2, -0.15) is 0 Å². The molecule has 19 heavy (non-hydrogen) atoms. The predicted octanol–water partition coefficient (Wildman–Crippen LogP) is 2.64. The summed E-state index contributed by atoms with van der Waals surface area (Å²) in [6.45, 7) is 5.24. The van der Waals surface area contributed by atoms with E-state index >= 15 is 0 Å². The minimum atomic E-state index is -0.636. The average molecular weight is 267 g/mol. The van der Waals surface area contributed by atoms with Crippen molar-refractivity contribution in [2.45, 2.75) is 26.8 Å². The highest BCUT2D eigenvalue weighted by Gasteiger charge is 2.18. The molecule has 0 aliphatic carbocycles. The summed E-state index contributed by atoms with van der Waals surface area (Å²) >= 11 is 0. The van der Waals surface area contributed by atoms with Crippen molar-refractivity contribution < 1.29 is 9.85 Å². The van der Waals surface area contributed by atoms with E-state index in [9.17, 15) is 20.2 Å². The predicted molar refractivity (Wildman–Crippen MR) is 70.9 cm³/mol. The first kappa shape index (κ1) is 15.0. The standard InChI is InChI=1S/C12H17N3O4/c1-3-9(2)7-13-8-10-4-5-11(14(16)17)6-12(10)15(18)19/h4-6,9,13H,3,7-8H2,1-2H3. The molecule has 0 saturated carbocycles. The van der Waals surface area contributed by atoms with E-state index < -0.39 is 9.85 Å². The van der Waals surface area contributed by atoms with Crippen LogP contribution in [-0.4, -0.2) is 16.4 Å². The molecule has 0 amide bonds. The van der Waals surface area contributed by atoms with Gasteiger partial charge in [0.2, 0.25) is 0 Å². The summed E-state index contributed by atoms with van der Waals surface area (Å²) in [5.41, 5.74) is -0.0258. The lowest BCUT2D eigenvalue weighted by Crippen LogP contribution is -2.20. The van der Waals surface area contributed by atoms with Crippen LogP contribution in [0.15, 0.2) is 18.2 Å². The van der Waals surface area contributed by atoms with E-state index in [-0.39, 0.29) is 11.4 Å². The summed E-state index contributed by atoms with van der Waals surface area (Å²) in [7, 11) is 0. The zero-order chi connectivity index (χ0) is 14.4. The lowest BCUT2D eigenvalue weighted by molar-refractivity contribution is -0.394. The van der Waals surface area contributed by atoms with E-state index in [1.54, 1.807) is 0 Å². The molecule has 0 saturated heterocycles. The molecule has 1 N–H and O–H groups in total. The molecule has 0 bridgehead atoms. The van der Waals surface area contributed by atoms with Gasteiger partial charge in [0.25, 0.3) is 11.4 Å². The number of nitro groups is 2. The molecule has 1 atom stereocenters. The summed E-state index contributed by atoms with van der Waals surface area (Å²) < 4.78 is 0. The SMILES string of the molecule is CCC(C)CNCc1ccc([N+](=O)[O-])cc1[N+](=O)[O-]. The first-order valence-corrected chi connectivity index (χ1v) is 6.08. The largest absolute Gasteiger partial charge is 0.312 e. The molecular weight excluding hydrogens is 250 g/mol. The maximum Gasteiger partial charge on any atom is 0.280 e. The lowest BCUT2D eigenvalue weighted by atomic mass is 10.1. The van der Waals surface area contributed by atoms with Crippen LogP contribution >= 0.6 is 0 Å². The molecule has 0 spiro atoms. The van der Waals surface area contributed by atoms with Gasteiger partial charge in [0.05, 0.1) is 15.9 Å². The van der Waals surface area contributed by atoms with E-state index in [1.807, 2.05) is 0 Å². The Morgan fingerprint density at radius 2 is 1.95 bits per heavy atom. The summed E-state index contributed by atoms with van der Waals surface area (Å²) in [5.74, 6) is 0.483. The van der Waals surface area contributed by atoms with Gasteiger partial charge in [-0.3, -0.25) is 20.2 Å². The number of benzene rings is 1. The molecule has 1 aromatic rings. The van der Waals surface area contributed by atoms with Gasteiger partial charge in [0, 0.05) is 18.2 Å². The monoisotopic (exact) mass is 267 g/mol. The molecule has 1 unspecified atom stereocenters. The number of nitrogens with zero attached hydrogens (tertiary/aromatic N) is 2. The quantitative estimate of drug-likeness (QED) is 0.604. The van der Waals surface area contributed by atoms with Crippen molar-refractivity contribution in [1.29, 1.82) is 0 Å². The van der Waals surface area contributed by atoms with Crippen molar-refractivity contribution in [3.63, 3.8) is 0 Å². The van der Waals surface area contributed by atoms with Gasteiger partial charge < -0.3 is 5.32 Å². The number of hydrogen-bond acceptors (Lipinski definition) is 5. The number of nitro benzene ring substituents is 2. The molecular formula is C12H17N3O4. The van der Waals surface area contributed by atoms with Gasteiger partial charge in [-0.15, -0.1) is 0 Å². The fourth-order valence-corrected chi connectivity index (χ4v) is 1.58. The van der Waals surface area contributed by atoms with Crippen LogP contribution in [0.25, 0.3) is 0 Å². The number of rotatable bonds is 7. The minimum absolute atomic E-state index is 0.217. The molecule has 0 aromatic heterocycles. The number of nitrogens with one attached hydrogen (secondary N) is 1. The highest BCUT2D eigenvalue weighted by Crippen LogP contribution is 2.24. The van der Waals surface area contributed by atoms with Crippen LogP contribution in [0.2, 0.25) is 0 Å². The maximum atomic E-state index is 10.9. The zero-order valence-corrected chi connectivity index (χ0v) is 11.0. The molecule has 0 aliphatic rings. The Balaban J connectivity index is 2.82. The molecule has 7 heteroatoms. The second-order valence-corrected chi connectivity index (χ2v) is 4.47. The van der Waals surface area contributed by atoms with Crippen molar-refractivity contribution in [1.82, 2.24) is 5.32 Å². The Bertz CT molecular complexity index is 476. The highest BCUT2D eigenvalue weighted by atomic mass is 16.6. The number of hydrogen-bond donors (Lipinski definition) is 1. The summed E-state index contributed by atoms with van der Waals surface area (Å²) in [5, 5.41) is 24.6. The molecule has 1 aromatic carbocycles. The Hall–Kier alpha value is -2.02. The third-order valence-corrected chi connectivity index (χ3v) is 2.98. The van der Waals surface area contributed by atoms with Crippen LogP contribution < -0.4 is 5.32 Å². The summed E-state index contributed by atoms with van der Waals surface area (Å²) in [6.07, 6.45) is 1.02. The number of non-ortho nitro benzene ring substituents is 1. The van der Waals surface area contributed by atoms with Crippen LogP contribution in [0.3, 0.4) is 0 Å². The van der Waals surface area contributed by atoms with Gasteiger partial charge in [0.15, 0.2) is 0 Å². The second-order valence-electron chi connectivity index (χ2n) is 4.47.